The Morgan fingerprint density at radius 2 is 2.45 bits per heavy atom. The number of hydrogen-bond donors (Lipinski definition) is 2. The number of methoxy groups -OCH3 is 1. The summed E-state index contributed by atoms with van der Waals surface area (Å²) in [5.41, 5.74) is 5.96. The number of ether oxygens (including phenoxy) is 2. The first kappa shape index (κ1) is 13.1. The van der Waals surface area contributed by atoms with Crippen molar-refractivity contribution in [2.24, 2.45) is 5.92 Å². The summed E-state index contributed by atoms with van der Waals surface area (Å²) >= 11 is 0. The van der Waals surface area contributed by atoms with E-state index in [1.54, 1.807) is 18.0 Å². The van der Waals surface area contributed by atoms with Crippen molar-refractivity contribution >= 4 is 17.1 Å². The molecular weight excluding hydrogens is 262 g/mol. The van der Waals surface area contributed by atoms with Gasteiger partial charge in [-0.1, -0.05) is 6.92 Å². The molecule has 0 amide bonds. The Hall–Kier alpha value is -1.93. The van der Waals surface area contributed by atoms with Crippen LogP contribution in [0.3, 0.4) is 0 Å². The molecule has 1 aliphatic heterocycles. The summed E-state index contributed by atoms with van der Waals surface area (Å²) in [6.45, 7) is 2.63. The maximum absolute atomic E-state index is 11.8. The number of fused-ring (bicyclic) bond motifs is 1. The molecule has 8 heteroatoms. The lowest BCUT2D eigenvalue weighted by atomic mass is 10.1. The van der Waals surface area contributed by atoms with Crippen molar-refractivity contribution in [1.82, 2.24) is 19.5 Å². The van der Waals surface area contributed by atoms with Crippen LogP contribution in [0.4, 0.5) is 5.95 Å². The highest BCUT2D eigenvalue weighted by Crippen LogP contribution is 2.35. The van der Waals surface area contributed by atoms with E-state index in [0.29, 0.717) is 12.3 Å². The molecule has 3 unspecified atom stereocenters. The van der Waals surface area contributed by atoms with Gasteiger partial charge in [-0.25, -0.2) is 4.98 Å². The third-order valence-electron chi connectivity index (χ3n) is 3.53. The zero-order valence-electron chi connectivity index (χ0n) is 11.4. The zero-order chi connectivity index (χ0) is 14.3. The second kappa shape index (κ2) is 4.88. The minimum absolute atomic E-state index is 0.0387. The lowest BCUT2D eigenvalue weighted by Gasteiger charge is -2.17. The van der Waals surface area contributed by atoms with E-state index in [9.17, 15) is 4.79 Å². The number of nitrogens with two attached hydrogens (primary N) is 1. The van der Waals surface area contributed by atoms with Gasteiger partial charge in [0.25, 0.3) is 5.56 Å². The van der Waals surface area contributed by atoms with Crippen molar-refractivity contribution < 1.29 is 9.47 Å². The lowest BCUT2D eigenvalue weighted by Crippen LogP contribution is -2.17. The average Bonchev–Trinajstić information content (AvgIpc) is 2.93. The molecule has 0 aliphatic carbocycles. The van der Waals surface area contributed by atoms with Gasteiger partial charge in [0.1, 0.15) is 6.23 Å². The quantitative estimate of drug-likeness (QED) is 0.835. The van der Waals surface area contributed by atoms with Crippen molar-refractivity contribution in [2.45, 2.75) is 25.7 Å². The van der Waals surface area contributed by atoms with E-state index < -0.39 is 0 Å². The van der Waals surface area contributed by atoms with Crippen LogP contribution in [-0.2, 0) is 9.47 Å². The van der Waals surface area contributed by atoms with Crippen LogP contribution in [0.5, 0.6) is 0 Å². The summed E-state index contributed by atoms with van der Waals surface area (Å²) in [6, 6.07) is 0. The number of aromatic nitrogens is 4. The number of anilines is 1. The molecule has 0 spiro atoms. The van der Waals surface area contributed by atoms with Crippen molar-refractivity contribution in [2.75, 3.05) is 19.5 Å². The maximum atomic E-state index is 11.8. The Kier molecular flexibility index (Phi) is 3.19. The Bertz CT molecular complexity index is 679. The number of nitrogens with one attached hydrogen (secondary N) is 1. The summed E-state index contributed by atoms with van der Waals surface area (Å²) in [6.07, 6.45) is 2.28. The molecule has 3 N–H and O–H groups in total. The average molecular weight is 279 g/mol. The molecule has 0 aromatic carbocycles. The maximum Gasteiger partial charge on any atom is 0.280 e. The molecule has 2 aromatic heterocycles. The van der Waals surface area contributed by atoms with Gasteiger partial charge < -0.3 is 15.2 Å². The topological polar surface area (TPSA) is 108 Å². The van der Waals surface area contributed by atoms with E-state index in [1.807, 2.05) is 0 Å². The molecule has 1 aliphatic rings. The highest BCUT2D eigenvalue weighted by Gasteiger charge is 2.34. The van der Waals surface area contributed by atoms with Crippen LogP contribution in [0.25, 0.3) is 11.2 Å². The van der Waals surface area contributed by atoms with Crippen LogP contribution in [0, 0.1) is 5.92 Å². The number of H-pyrrole nitrogens is 1. The molecule has 1 saturated heterocycles. The molecule has 3 rings (SSSR count). The van der Waals surface area contributed by atoms with Crippen LogP contribution in [0.15, 0.2) is 11.1 Å². The first-order valence-electron chi connectivity index (χ1n) is 6.47. The Morgan fingerprint density at radius 3 is 3.20 bits per heavy atom. The monoisotopic (exact) mass is 279 g/mol. The van der Waals surface area contributed by atoms with E-state index >= 15 is 0 Å². The van der Waals surface area contributed by atoms with Gasteiger partial charge in [-0.2, -0.15) is 4.98 Å². The predicted molar refractivity (Wildman–Crippen MR) is 72.1 cm³/mol. The number of rotatable bonds is 3. The minimum atomic E-state index is -0.342. The van der Waals surface area contributed by atoms with E-state index in [4.69, 9.17) is 15.2 Å². The molecule has 0 bridgehead atoms. The molecule has 0 saturated carbocycles. The summed E-state index contributed by atoms with van der Waals surface area (Å²) < 4.78 is 12.8. The fraction of sp³-hybridized carbons (Fsp3) is 0.583. The third-order valence-corrected chi connectivity index (χ3v) is 3.53. The predicted octanol–water partition coefficient (Wildman–Crippen LogP) is 0.272. The van der Waals surface area contributed by atoms with Gasteiger partial charge >= 0.3 is 0 Å². The molecule has 108 valence electrons. The summed E-state index contributed by atoms with van der Waals surface area (Å²) in [4.78, 5) is 22.5. The number of nitrogens with zero attached hydrogens (tertiary/aromatic N) is 3. The number of imidazole rings is 1. The highest BCUT2D eigenvalue weighted by atomic mass is 16.5. The van der Waals surface area contributed by atoms with Gasteiger partial charge in [0.05, 0.1) is 19.0 Å². The second-order valence-electron chi connectivity index (χ2n) is 5.09. The Balaban J connectivity index is 2.01. The number of hydrogen-bond acceptors (Lipinski definition) is 6. The van der Waals surface area contributed by atoms with E-state index in [-0.39, 0.29) is 35.3 Å². The second-order valence-corrected chi connectivity index (χ2v) is 5.09. The van der Waals surface area contributed by atoms with Gasteiger partial charge in [0.2, 0.25) is 5.95 Å². The highest BCUT2D eigenvalue weighted by molar-refractivity contribution is 5.70. The van der Waals surface area contributed by atoms with E-state index in [2.05, 4.69) is 21.9 Å². The summed E-state index contributed by atoms with van der Waals surface area (Å²) in [7, 11) is 1.65. The van der Waals surface area contributed by atoms with Gasteiger partial charge in [-0.3, -0.25) is 14.3 Å². The van der Waals surface area contributed by atoms with Gasteiger partial charge in [0, 0.05) is 13.0 Å². The standard InChI is InChI=1S/C12H17N5O3/c1-6-3-7(4-19-2)20-11(6)17-5-14-8-9(17)15-12(13)16-10(8)18/h5-7,11H,3-4H2,1-2H3,(H3,13,15,16,18). The van der Waals surface area contributed by atoms with E-state index in [0.717, 1.165) is 6.42 Å². The van der Waals surface area contributed by atoms with Crippen molar-refractivity contribution in [1.29, 1.82) is 0 Å². The normalized spacial score (nSPS) is 26.4. The van der Waals surface area contributed by atoms with Crippen LogP contribution in [-0.4, -0.2) is 39.3 Å². The molecular formula is C12H17N5O3. The molecule has 3 atom stereocenters. The summed E-state index contributed by atoms with van der Waals surface area (Å²) in [5.74, 6) is 0.346. The van der Waals surface area contributed by atoms with Crippen molar-refractivity contribution in [3.8, 4) is 0 Å². The van der Waals surface area contributed by atoms with Crippen molar-refractivity contribution in [3.63, 3.8) is 0 Å². The van der Waals surface area contributed by atoms with Gasteiger partial charge in [-0.15, -0.1) is 0 Å². The lowest BCUT2D eigenvalue weighted by molar-refractivity contribution is -0.0375. The Labute approximate surface area is 114 Å². The summed E-state index contributed by atoms with van der Waals surface area (Å²) in [5, 5.41) is 0. The molecule has 3 heterocycles. The van der Waals surface area contributed by atoms with E-state index in [1.165, 1.54) is 0 Å². The smallest absolute Gasteiger partial charge is 0.280 e. The molecule has 1 fully saturated rings. The molecule has 2 aromatic rings. The number of aromatic amines is 1. The SMILES string of the molecule is COCC1CC(C)C(n2cnc3c(=O)[nH]c(N)nc32)O1. The third kappa shape index (κ3) is 2.06. The van der Waals surface area contributed by atoms with Crippen LogP contribution < -0.4 is 11.3 Å². The van der Waals surface area contributed by atoms with Crippen LogP contribution >= 0.6 is 0 Å². The zero-order valence-corrected chi connectivity index (χ0v) is 11.4. The minimum Gasteiger partial charge on any atom is -0.382 e. The fourth-order valence-corrected chi connectivity index (χ4v) is 2.68. The van der Waals surface area contributed by atoms with Crippen molar-refractivity contribution in [3.05, 3.63) is 16.7 Å². The molecule has 20 heavy (non-hydrogen) atoms. The fourth-order valence-electron chi connectivity index (χ4n) is 2.68. The number of nitrogen functional groups attached to an aromatic ring is 1. The molecule has 8 nitrogen and oxygen atoms in total. The van der Waals surface area contributed by atoms with Crippen LogP contribution in [0.2, 0.25) is 0 Å². The molecule has 0 radical (unpaired) electrons. The first-order valence-corrected chi connectivity index (χ1v) is 6.47. The van der Waals surface area contributed by atoms with Gasteiger partial charge in [0.15, 0.2) is 11.2 Å². The Morgan fingerprint density at radius 1 is 1.65 bits per heavy atom. The van der Waals surface area contributed by atoms with Crippen LogP contribution in [0.1, 0.15) is 19.6 Å². The first-order chi connectivity index (χ1) is 9.60. The largest absolute Gasteiger partial charge is 0.382 e. The van der Waals surface area contributed by atoms with Gasteiger partial charge in [-0.05, 0) is 6.42 Å².